The Balaban J connectivity index is 2.50. The van der Waals surface area contributed by atoms with Crippen molar-refractivity contribution in [2.75, 3.05) is 0 Å². The molecule has 1 fully saturated rings. The molecule has 0 aromatic rings. The number of nitrogens with one attached hydrogen (secondary N) is 1. The fourth-order valence-corrected chi connectivity index (χ4v) is 2.93. The van der Waals surface area contributed by atoms with Gasteiger partial charge in [0.1, 0.15) is 0 Å². The zero-order valence-corrected chi connectivity index (χ0v) is 12.7. The van der Waals surface area contributed by atoms with Crippen LogP contribution >= 0.6 is 0 Å². The lowest BCUT2D eigenvalue weighted by molar-refractivity contribution is -0.127. The highest BCUT2D eigenvalue weighted by atomic mass is 16.2. The molecule has 0 saturated heterocycles. The molecule has 0 heterocycles. The molecule has 1 N–H and O–H groups in total. The van der Waals surface area contributed by atoms with E-state index in [1.807, 2.05) is 0 Å². The van der Waals surface area contributed by atoms with Crippen LogP contribution in [0.5, 0.6) is 0 Å². The number of amides is 1. The van der Waals surface area contributed by atoms with E-state index in [1.54, 1.807) is 0 Å². The van der Waals surface area contributed by atoms with Crippen molar-refractivity contribution < 1.29 is 4.79 Å². The average molecular weight is 253 g/mol. The molecule has 0 aromatic heterocycles. The van der Waals surface area contributed by atoms with Gasteiger partial charge in [-0.05, 0) is 39.5 Å². The Hall–Kier alpha value is -0.530. The normalized spacial score (nSPS) is 18.9. The van der Waals surface area contributed by atoms with Crippen molar-refractivity contribution in [3.05, 3.63) is 0 Å². The molecule has 106 valence electrons. The van der Waals surface area contributed by atoms with E-state index in [0.29, 0.717) is 0 Å². The van der Waals surface area contributed by atoms with Gasteiger partial charge in [-0.25, -0.2) is 0 Å². The number of unbranched alkanes of at least 4 members (excludes halogenated alkanes) is 1. The molecule has 0 bridgehead atoms. The van der Waals surface area contributed by atoms with Crippen molar-refractivity contribution in [1.82, 2.24) is 5.32 Å². The van der Waals surface area contributed by atoms with Gasteiger partial charge in [0.05, 0.1) is 0 Å². The Bertz CT molecular complexity index is 248. The largest absolute Gasteiger partial charge is 0.351 e. The van der Waals surface area contributed by atoms with Crippen molar-refractivity contribution in [1.29, 1.82) is 0 Å². The van der Waals surface area contributed by atoms with E-state index in [2.05, 4.69) is 33.0 Å². The van der Waals surface area contributed by atoms with Crippen LogP contribution < -0.4 is 5.32 Å². The molecule has 0 aliphatic heterocycles. The number of rotatable bonds is 6. The van der Waals surface area contributed by atoms with Crippen molar-refractivity contribution in [2.45, 2.75) is 84.6 Å². The topological polar surface area (TPSA) is 29.1 Å². The summed E-state index contributed by atoms with van der Waals surface area (Å²) in [4.78, 5) is 12.3. The Kier molecular flexibility index (Phi) is 6.17. The third-order valence-corrected chi connectivity index (χ3v) is 3.87. The minimum Gasteiger partial charge on any atom is -0.351 e. The molecule has 0 radical (unpaired) electrons. The molecule has 1 unspecified atom stereocenters. The van der Waals surface area contributed by atoms with Gasteiger partial charge >= 0.3 is 0 Å². The highest BCUT2D eigenvalue weighted by Gasteiger charge is 2.26. The second-order valence-corrected chi connectivity index (χ2v) is 6.96. The number of hydrogen-bond donors (Lipinski definition) is 1. The van der Waals surface area contributed by atoms with Gasteiger partial charge in [0.2, 0.25) is 5.91 Å². The van der Waals surface area contributed by atoms with Crippen LogP contribution in [-0.4, -0.2) is 11.4 Å². The zero-order chi connectivity index (χ0) is 13.6. The van der Waals surface area contributed by atoms with Crippen LogP contribution in [0, 0.1) is 11.8 Å². The van der Waals surface area contributed by atoms with Gasteiger partial charge in [0, 0.05) is 11.5 Å². The van der Waals surface area contributed by atoms with Crippen molar-refractivity contribution in [3.63, 3.8) is 0 Å². The van der Waals surface area contributed by atoms with Crippen LogP contribution in [0.1, 0.15) is 79.1 Å². The lowest BCUT2D eigenvalue weighted by atomic mass is 9.88. The highest BCUT2D eigenvalue weighted by Crippen LogP contribution is 2.32. The minimum atomic E-state index is -0.1000. The maximum absolute atomic E-state index is 12.3. The summed E-state index contributed by atoms with van der Waals surface area (Å²) in [5, 5.41) is 3.16. The Morgan fingerprint density at radius 1 is 1.28 bits per heavy atom. The molecule has 18 heavy (non-hydrogen) atoms. The van der Waals surface area contributed by atoms with E-state index in [-0.39, 0.29) is 17.4 Å². The number of carbonyl (C=O) groups excluding carboxylic acids is 1. The quantitative estimate of drug-likeness (QED) is 0.752. The van der Waals surface area contributed by atoms with Crippen LogP contribution in [0.25, 0.3) is 0 Å². The summed E-state index contributed by atoms with van der Waals surface area (Å²) in [5.74, 6) is 1.33. The van der Waals surface area contributed by atoms with Crippen molar-refractivity contribution in [2.24, 2.45) is 11.8 Å². The summed E-state index contributed by atoms with van der Waals surface area (Å²) in [7, 11) is 0. The van der Waals surface area contributed by atoms with E-state index >= 15 is 0 Å². The fraction of sp³-hybridized carbons (Fsp3) is 0.938. The van der Waals surface area contributed by atoms with Crippen molar-refractivity contribution in [3.8, 4) is 0 Å². The third kappa shape index (κ3) is 5.88. The number of hydrogen-bond acceptors (Lipinski definition) is 1. The van der Waals surface area contributed by atoms with Gasteiger partial charge < -0.3 is 5.32 Å². The van der Waals surface area contributed by atoms with Gasteiger partial charge in [-0.3, -0.25) is 4.79 Å². The fourth-order valence-electron chi connectivity index (χ4n) is 2.93. The van der Waals surface area contributed by atoms with Gasteiger partial charge in [-0.15, -0.1) is 0 Å². The maximum atomic E-state index is 12.3. The second-order valence-electron chi connectivity index (χ2n) is 6.96. The summed E-state index contributed by atoms with van der Waals surface area (Å²) in [6.07, 6.45) is 9.95. The SMILES string of the molecule is CCCCC(CC1CCCC1)C(=O)NC(C)(C)C. The van der Waals surface area contributed by atoms with Crippen LogP contribution in [0.4, 0.5) is 0 Å². The van der Waals surface area contributed by atoms with E-state index in [0.717, 1.165) is 18.8 Å². The van der Waals surface area contributed by atoms with Gasteiger partial charge in [-0.2, -0.15) is 0 Å². The van der Waals surface area contributed by atoms with Gasteiger partial charge in [0.15, 0.2) is 0 Å². The summed E-state index contributed by atoms with van der Waals surface area (Å²) >= 11 is 0. The highest BCUT2D eigenvalue weighted by molar-refractivity contribution is 5.79. The molecule has 1 rings (SSSR count). The van der Waals surface area contributed by atoms with Crippen molar-refractivity contribution >= 4 is 5.91 Å². The standard InChI is InChI=1S/C16H31NO/c1-5-6-11-14(12-13-9-7-8-10-13)15(18)17-16(2,3)4/h13-14H,5-12H2,1-4H3,(H,17,18). The van der Waals surface area contributed by atoms with Crippen LogP contribution in [0.2, 0.25) is 0 Å². The molecule has 1 saturated carbocycles. The molecule has 2 nitrogen and oxygen atoms in total. The zero-order valence-electron chi connectivity index (χ0n) is 12.7. The third-order valence-electron chi connectivity index (χ3n) is 3.87. The van der Waals surface area contributed by atoms with E-state index < -0.39 is 0 Å². The summed E-state index contributed by atoms with van der Waals surface area (Å²) < 4.78 is 0. The number of carbonyl (C=O) groups is 1. The summed E-state index contributed by atoms with van der Waals surface area (Å²) in [6, 6.07) is 0. The van der Waals surface area contributed by atoms with E-state index in [4.69, 9.17) is 0 Å². The molecule has 1 aliphatic rings. The summed E-state index contributed by atoms with van der Waals surface area (Å²) in [5.41, 5.74) is -0.1000. The molecule has 1 aliphatic carbocycles. The molecule has 1 amide bonds. The summed E-state index contributed by atoms with van der Waals surface area (Å²) in [6.45, 7) is 8.40. The van der Waals surface area contributed by atoms with E-state index in [9.17, 15) is 4.79 Å². The lowest BCUT2D eigenvalue weighted by Crippen LogP contribution is -2.44. The predicted octanol–water partition coefficient (Wildman–Crippen LogP) is 4.29. The molecule has 1 atom stereocenters. The minimum absolute atomic E-state index is 0.1000. The molecule has 0 aromatic carbocycles. The molecular weight excluding hydrogens is 222 g/mol. The van der Waals surface area contributed by atoms with Crippen LogP contribution in [0.3, 0.4) is 0 Å². The maximum Gasteiger partial charge on any atom is 0.223 e. The van der Waals surface area contributed by atoms with Crippen LogP contribution in [-0.2, 0) is 4.79 Å². The Morgan fingerprint density at radius 3 is 2.39 bits per heavy atom. The smallest absolute Gasteiger partial charge is 0.223 e. The first kappa shape index (κ1) is 15.5. The average Bonchev–Trinajstić information content (AvgIpc) is 2.74. The molecule has 2 heteroatoms. The lowest BCUT2D eigenvalue weighted by Gasteiger charge is -2.26. The molecular formula is C16H31NO. The first-order valence-corrected chi connectivity index (χ1v) is 7.74. The Labute approximate surface area is 113 Å². The second kappa shape index (κ2) is 7.16. The van der Waals surface area contributed by atoms with Gasteiger partial charge in [0.25, 0.3) is 0 Å². The van der Waals surface area contributed by atoms with Crippen LogP contribution in [0.15, 0.2) is 0 Å². The predicted molar refractivity (Wildman–Crippen MR) is 77.5 cm³/mol. The molecule has 0 spiro atoms. The van der Waals surface area contributed by atoms with E-state index in [1.165, 1.54) is 38.5 Å². The first-order chi connectivity index (χ1) is 8.42. The Morgan fingerprint density at radius 2 is 1.89 bits per heavy atom. The first-order valence-electron chi connectivity index (χ1n) is 7.74. The van der Waals surface area contributed by atoms with Gasteiger partial charge in [-0.1, -0.05) is 45.4 Å². The monoisotopic (exact) mass is 253 g/mol.